The summed E-state index contributed by atoms with van der Waals surface area (Å²) < 4.78 is 6.11. The number of rotatable bonds is 3. The Bertz CT molecular complexity index is 194. The van der Waals surface area contributed by atoms with Gasteiger partial charge in [-0.25, -0.2) is 0 Å². The van der Waals surface area contributed by atoms with Gasteiger partial charge in [0.2, 0.25) is 0 Å². The summed E-state index contributed by atoms with van der Waals surface area (Å²) >= 11 is 0. The zero-order valence-corrected chi connectivity index (χ0v) is 12.0. The molecule has 0 unspecified atom stereocenters. The second-order valence-electron chi connectivity index (χ2n) is 6.92. The second kappa shape index (κ2) is 5.53. The second-order valence-corrected chi connectivity index (χ2v) is 6.92. The highest BCUT2D eigenvalue weighted by atomic mass is 16.5. The van der Waals surface area contributed by atoms with Gasteiger partial charge in [0.25, 0.3) is 0 Å². The molecule has 0 heterocycles. The molecule has 0 saturated heterocycles. The van der Waals surface area contributed by atoms with Crippen molar-refractivity contribution in [2.75, 3.05) is 0 Å². The molecule has 0 amide bonds. The summed E-state index contributed by atoms with van der Waals surface area (Å²) in [5, 5.41) is 0. The number of hydrogen-bond acceptors (Lipinski definition) is 1. The van der Waals surface area contributed by atoms with E-state index < -0.39 is 0 Å². The first-order chi connectivity index (χ1) is 7.30. The lowest BCUT2D eigenvalue weighted by Crippen LogP contribution is -2.32. The highest BCUT2D eigenvalue weighted by Gasteiger charge is 2.30. The summed E-state index contributed by atoms with van der Waals surface area (Å²) in [6, 6.07) is 0. The van der Waals surface area contributed by atoms with Crippen molar-refractivity contribution in [1.82, 2.24) is 0 Å². The lowest BCUT2D eigenvalue weighted by molar-refractivity contribution is -0.0541. The Labute approximate surface area is 102 Å². The molecule has 1 nitrogen and oxygen atoms in total. The minimum Gasteiger partial charge on any atom is -0.375 e. The molecule has 1 saturated carbocycles. The summed E-state index contributed by atoms with van der Waals surface area (Å²) in [4.78, 5) is 0. The summed E-state index contributed by atoms with van der Waals surface area (Å²) in [6.07, 6.45) is 6.16. The molecule has 0 aliphatic heterocycles. The summed E-state index contributed by atoms with van der Waals surface area (Å²) in [6.45, 7) is 13.8. The Morgan fingerprint density at radius 1 is 0.938 bits per heavy atom. The van der Waals surface area contributed by atoms with Gasteiger partial charge < -0.3 is 4.74 Å². The highest BCUT2D eigenvalue weighted by Crippen LogP contribution is 2.38. The van der Waals surface area contributed by atoms with Crippen molar-refractivity contribution >= 4 is 0 Å². The maximum absolute atomic E-state index is 6.11. The molecule has 0 N–H and O–H groups in total. The van der Waals surface area contributed by atoms with Gasteiger partial charge in [0.1, 0.15) is 0 Å². The third-order valence-electron chi connectivity index (χ3n) is 4.24. The maximum atomic E-state index is 6.11. The Morgan fingerprint density at radius 3 is 1.81 bits per heavy atom. The van der Waals surface area contributed by atoms with Crippen molar-refractivity contribution in [3.63, 3.8) is 0 Å². The highest BCUT2D eigenvalue weighted by molar-refractivity contribution is 4.81. The normalized spacial score (nSPS) is 29.4. The molecule has 1 fully saturated rings. The van der Waals surface area contributed by atoms with E-state index in [1.807, 2.05) is 0 Å². The third-order valence-corrected chi connectivity index (χ3v) is 4.24. The Balaban J connectivity index is 2.32. The maximum Gasteiger partial charge on any atom is 0.0579 e. The fourth-order valence-electron chi connectivity index (χ4n) is 2.53. The number of hydrogen-bond donors (Lipinski definition) is 0. The quantitative estimate of drug-likeness (QED) is 0.680. The van der Waals surface area contributed by atoms with Crippen molar-refractivity contribution in [2.24, 2.45) is 17.3 Å². The third kappa shape index (κ3) is 4.08. The first kappa shape index (κ1) is 14.0. The molecule has 0 aromatic heterocycles. The Morgan fingerprint density at radius 2 is 1.44 bits per heavy atom. The Kier molecular flexibility index (Phi) is 4.85. The van der Waals surface area contributed by atoms with Crippen LogP contribution >= 0.6 is 0 Å². The van der Waals surface area contributed by atoms with Crippen LogP contribution in [0, 0.1) is 17.3 Å². The van der Waals surface area contributed by atoms with Gasteiger partial charge in [-0.1, -0.05) is 34.6 Å². The molecule has 0 aromatic rings. The average Bonchev–Trinajstić information content (AvgIpc) is 2.17. The van der Waals surface area contributed by atoms with E-state index in [0.717, 1.165) is 5.92 Å². The molecule has 1 aliphatic rings. The Hall–Kier alpha value is -0.0400. The van der Waals surface area contributed by atoms with E-state index >= 15 is 0 Å². The van der Waals surface area contributed by atoms with E-state index in [0.29, 0.717) is 23.5 Å². The standard InChI is InChI=1S/C15H30O/c1-11(2)12(3)16-14-9-7-13(8-10-14)15(4,5)6/h11-14H,7-10H2,1-6H3/t12-,13?,14?/m1/s1. The van der Waals surface area contributed by atoms with Crippen molar-refractivity contribution in [3.05, 3.63) is 0 Å². The molecule has 1 atom stereocenters. The van der Waals surface area contributed by atoms with Crippen LogP contribution in [-0.2, 0) is 4.74 Å². The predicted octanol–water partition coefficient (Wildman–Crippen LogP) is 4.65. The smallest absolute Gasteiger partial charge is 0.0579 e. The zero-order valence-electron chi connectivity index (χ0n) is 12.0. The average molecular weight is 226 g/mol. The van der Waals surface area contributed by atoms with Crippen LogP contribution in [0.3, 0.4) is 0 Å². The molecule has 0 bridgehead atoms. The van der Waals surface area contributed by atoms with Gasteiger partial charge in [-0.05, 0) is 49.9 Å². The van der Waals surface area contributed by atoms with Crippen LogP contribution in [0.2, 0.25) is 0 Å². The van der Waals surface area contributed by atoms with Gasteiger partial charge in [-0.3, -0.25) is 0 Å². The molecule has 1 heteroatoms. The monoisotopic (exact) mass is 226 g/mol. The lowest BCUT2D eigenvalue weighted by Gasteiger charge is -2.38. The van der Waals surface area contributed by atoms with Crippen LogP contribution < -0.4 is 0 Å². The van der Waals surface area contributed by atoms with Crippen molar-refractivity contribution < 1.29 is 4.74 Å². The molecule has 0 spiro atoms. The topological polar surface area (TPSA) is 9.23 Å². The van der Waals surface area contributed by atoms with Crippen molar-refractivity contribution in [2.45, 2.75) is 79.4 Å². The summed E-state index contributed by atoms with van der Waals surface area (Å²) in [7, 11) is 0. The summed E-state index contributed by atoms with van der Waals surface area (Å²) in [5.74, 6) is 1.53. The van der Waals surface area contributed by atoms with Crippen molar-refractivity contribution in [1.29, 1.82) is 0 Å². The van der Waals surface area contributed by atoms with Gasteiger partial charge in [-0.15, -0.1) is 0 Å². The molecule has 96 valence electrons. The van der Waals surface area contributed by atoms with Gasteiger partial charge in [0.05, 0.1) is 12.2 Å². The molecule has 16 heavy (non-hydrogen) atoms. The van der Waals surface area contributed by atoms with E-state index in [9.17, 15) is 0 Å². The van der Waals surface area contributed by atoms with Gasteiger partial charge in [0.15, 0.2) is 0 Å². The van der Waals surface area contributed by atoms with Crippen LogP contribution in [0.4, 0.5) is 0 Å². The molecular weight excluding hydrogens is 196 g/mol. The molecule has 1 aliphatic carbocycles. The van der Waals surface area contributed by atoms with Crippen LogP contribution in [0.15, 0.2) is 0 Å². The van der Waals surface area contributed by atoms with E-state index in [1.54, 1.807) is 0 Å². The van der Waals surface area contributed by atoms with Crippen LogP contribution in [0.5, 0.6) is 0 Å². The predicted molar refractivity (Wildman–Crippen MR) is 70.6 cm³/mol. The van der Waals surface area contributed by atoms with Gasteiger partial charge >= 0.3 is 0 Å². The molecule has 0 radical (unpaired) electrons. The SMILES string of the molecule is CC(C)[C@@H](C)OC1CCC(C(C)(C)C)CC1. The van der Waals surface area contributed by atoms with E-state index in [4.69, 9.17) is 4.74 Å². The van der Waals surface area contributed by atoms with E-state index in [-0.39, 0.29) is 0 Å². The first-order valence-corrected chi connectivity index (χ1v) is 6.96. The first-order valence-electron chi connectivity index (χ1n) is 6.96. The molecule has 0 aromatic carbocycles. The zero-order chi connectivity index (χ0) is 12.3. The van der Waals surface area contributed by atoms with E-state index in [1.165, 1.54) is 25.7 Å². The van der Waals surface area contributed by atoms with Crippen LogP contribution in [0.25, 0.3) is 0 Å². The van der Waals surface area contributed by atoms with Crippen molar-refractivity contribution in [3.8, 4) is 0 Å². The molecular formula is C15H30O. The fraction of sp³-hybridized carbons (Fsp3) is 1.00. The lowest BCUT2D eigenvalue weighted by atomic mass is 9.72. The number of ether oxygens (including phenoxy) is 1. The summed E-state index contributed by atoms with van der Waals surface area (Å²) in [5.41, 5.74) is 0.481. The van der Waals surface area contributed by atoms with E-state index in [2.05, 4.69) is 41.5 Å². The minimum absolute atomic E-state index is 0.413. The molecule has 1 rings (SSSR count). The largest absolute Gasteiger partial charge is 0.375 e. The van der Waals surface area contributed by atoms with Crippen LogP contribution in [-0.4, -0.2) is 12.2 Å². The van der Waals surface area contributed by atoms with Gasteiger partial charge in [-0.2, -0.15) is 0 Å². The van der Waals surface area contributed by atoms with Crippen LogP contribution in [0.1, 0.15) is 67.2 Å². The van der Waals surface area contributed by atoms with Gasteiger partial charge in [0, 0.05) is 0 Å². The fourth-order valence-corrected chi connectivity index (χ4v) is 2.53. The minimum atomic E-state index is 0.413.